The highest BCUT2D eigenvalue weighted by Crippen LogP contribution is 2.35. The highest BCUT2D eigenvalue weighted by Gasteiger charge is 2.20. The summed E-state index contributed by atoms with van der Waals surface area (Å²) in [7, 11) is 0. The first-order chi connectivity index (χ1) is 11.2. The van der Waals surface area contributed by atoms with Crippen LogP contribution in [0.15, 0.2) is 21.5 Å². The number of hydrogen-bond acceptors (Lipinski definition) is 8. The first-order valence-corrected chi connectivity index (χ1v) is 6.72. The van der Waals surface area contributed by atoms with Crippen LogP contribution in [0.4, 0.5) is 0 Å². The van der Waals surface area contributed by atoms with Crippen molar-refractivity contribution >= 4 is 16.8 Å². The summed E-state index contributed by atoms with van der Waals surface area (Å²) in [5.74, 6) is 1.98. The Morgan fingerprint density at radius 1 is 1.17 bits per heavy atom. The lowest BCUT2D eigenvalue weighted by Crippen LogP contribution is -2.16. The van der Waals surface area contributed by atoms with E-state index in [1.807, 2.05) is 0 Å². The van der Waals surface area contributed by atoms with E-state index < -0.39 is 5.56 Å². The Balaban J connectivity index is 1.81. The van der Waals surface area contributed by atoms with Gasteiger partial charge in [-0.25, -0.2) is 14.5 Å². The van der Waals surface area contributed by atoms with Gasteiger partial charge in [-0.15, -0.1) is 0 Å². The van der Waals surface area contributed by atoms with Crippen molar-refractivity contribution in [3.05, 3.63) is 28.4 Å². The molecule has 1 N–H and O–H groups in total. The summed E-state index contributed by atoms with van der Waals surface area (Å²) in [4.78, 5) is 24.9. The van der Waals surface area contributed by atoms with Gasteiger partial charge in [-0.1, -0.05) is 5.16 Å². The molecule has 114 valence electrons. The molecule has 4 heterocycles. The van der Waals surface area contributed by atoms with Crippen LogP contribution in [0.5, 0.6) is 11.5 Å². The highest BCUT2D eigenvalue weighted by molar-refractivity contribution is 5.83. The molecule has 10 heteroatoms. The molecule has 0 saturated carbocycles. The molecule has 0 atom stereocenters. The van der Waals surface area contributed by atoms with Gasteiger partial charge < -0.3 is 14.0 Å². The Morgan fingerprint density at radius 2 is 2.00 bits per heavy atom. The zero-order valence-corrected chi connectivity index (χ0v) is 11.7. The molecular formula is C13H8N6O4. The number of aromatic nitrogens is 6. The van der Waals surface area contributed by atoms with Gasteiger partial charge in [0.1, 0.15) is 0 Å². The summed E-state index contributed by atoms with van der Waals surface area (Å²) in [5, 5.41) is 6.41. The van der Waals surface area contributed by atoms with Crippen molar-refractivity contribution in [1.29, 1.82) is 0 Å². The molecule has 0 unspecified atom stereocenters. The SMILES string of the molecule is Cc1nc(-c2nc3nc4cc5c(cc4n3[nH]c2=O)OCO5)no1. The van der Waals surface area contributed by atoms with E-state index >= 15 is 0 Å². The summed E-state index contributed by atoms with van der Waals surface area (Å²) in [5.41, 5.74) is 0.878. The topological polar surface area (TPSA) is 120 Å². The van der Waals surface area contributed by atoms with Crippen molar-refractivity contribution in [1.82, 2.24) is 29.7 Å². The number of fused-ring (bicyclic) bond motifs is 4. The Kier molecular flexibility index (Phi) is 2.15. The Labute approximate surface area is 126 Å². The van der Waals surface area contributed by atoms with E-state index in [2.05, 4.69) is 25.2 Å². The average molecular weight is 312 g/mol. The van der Waals surface area contributed by atoms with E-state index in [9.17, 15) is 4.79 Å². The molecular weight excluding hydrogens is 304 g/mol. The fraction of sp³-hybridized carbons (Fsp3) is 0.154. The molecule has 0 radical (unpaired) electrons. The molecule has 1 aromatic carbocycles. The minimum absolute atomic E-state index is 0.0460. The van der Waals surface area contributed by atoms with Gasteiger partial charge in [0.05, 0.1) is 11.0 Å². The predicted octanol–water partition coefficient (Wildman–Crippen LogP) is 0.658. The molecule has 4 aromatic rings. The van der Waals surface area contributed by atoms with Crippen LogP contribution in [-0.4, -0.2) is 36.5 Å². The second kappa shape index (κ2) is 4.06. The Bertz CT molecular complexity index is 1140. The van der Waals surface area contributed by atoms with Crippen molar-refractivity contribution in [2.24, 2.45) is 0 Å². The van der Waals surface area contributed by atoms with E-state index in [-0.39, 0.29) is 18.3 Å². The maximum Gasteiger partial charge on any atom is 0.293 e. The Hall–Kier alpha value is -3.43. The lowest BCUT2D eigenvalue weighted by atomic mass is 10.3. The van der Waals surface area contributed by atoms with Crippen LogP contribution in [0.3, 0.4) is 0 Å². The summed E-state index contributed by atoms with van der Waals surface area (Å²) in [6.07, 6.45) is 0. The van der Waals surface area contributed by atoms with Gasteiger partial charge in [-0.2, -0.15) is 4.98 Å². The quantitative estimate of drug-likeness (QED) is 0.544. The minimum atomic E-state index is -0.449. The summed E-state index contributed by atoms with van der Waals surface area (Å²) in [6.45, 7) is 1.80. The molecule has 0 aliphatic carbocycles. The van der Waals surface area contributed by atoms with Gasteiger partial charge in [-0.3, -0.25) is 9.89 Å². The van der Waals surface area contributed by atoms with Crippen molar-refractivity contribution in [2.75, 3.05) is 6.79 Å². The summed E-state index contributed by atoms with van der Waals surface area (Å²) in [6, 6.07) is 3.48. The summed E-state index contributed by atoms with van der Waals surface area (Å²) >= 11 is 0. The van der Waals surface area contributed by atoms with Crippen molar-refractivity contribution < 1.29 is 14.0 Å². The first-order valence-electron chi connectivity index (χ1n) is 6.72. The van der Waals surface area contributed by atoms with Crippen LogP contribution < -0.4 is 15.0 Å². The Morgan fingerprint density at radius 3 is 2.78 bits per heavy atom. The lowest BCUT2D eigenvalue weighted by Gasteiger charge is -1.98. The van der Waals surface area contributed by atoms with Crippen LogP contribution in [0.25, 0.3) is 28.3 Å². The van der Waals surface area contributed by atoms with Gasteiger partial charge in [-0.05, 0) is 0 Å². The molecule has 0 spiro atoms. The molecule has 23 heavy (non-hydrogen) atoms. The van der Waals surface area contributed by atoms with Crippen LogP contribution in [-0.2, 0) is 0 Å². The van der Waals surface area contributed by atoms with Crippen molar-refractivity contribution in [3.8, 4) is 23.0 Å². The van der Waals surface area contributed by atoms with Crippen LogP contribution in [0.1, 0.15) is 5.89 Å². The minimum Gasteiger partial charge on any atom is -0.454 e. The average Bonchev–Trinajstić information content (AvgIpc) is 3.22. The molecule has 10 nitrogen and oxygen atoms in total. The molecule has 0 bridgehead atoms. The van der Waals surface area contributed by atoms with E-state index in [0.29, 0.717) is 34.2 Å². The molecule has 1 aliphatic heterocycles. The predicted molar refractivity (Wildman–Crippen MR) is 75.3 cm³/mol. The molecule has 0 fully saturated rings. The molecule has 1 aliphatic rings. The smallest absolute Gasteiger partial charge is 0.293 e. The number of nitrogens with one attached hydrogen (secondary N) is 1. The zero-order chi connectivity index (χ0) is 15.6. The number of H-pyrrole nitrogens is 1. The number of aromatic amines is 1. The van der Waals surface area contributed by atoms with E-state index in [4.69, 9.17) is 14.0 Å². The van der Waals surface area contributed by atoms with Crippen molar-refractivity contribution in [2.45, 2.75) is 6.92 Å². The standard InChI is InChI=1S/C13H8N6O4/c1-5-14-11(18-23-5)10-12(20)17-19-7-3-9-8(21-4-22-9)2-6(7)15-13(19)16-10/h2-3H,4H2,1H3,(H,17,20). The largest absolute Gasteiger partial charge is 0.454 e. The van der Waals surface area contributed by atoms with E-state index in [0.717, 1.165) is 0 Å². The van der Waals surface area contributed by atoms with Gasteiger partial charge in [0.15, 0.2) is 17.2 Å². The third-order valence-corrected chi connectivity index (χ3v) is 3.51. The number of aryl methyl sites for hydroxylation is 1. The first kappa shape index (κ1) is 12.1. The van der Waals surface area contributed by atoms with Crippen molar-refractivity contribution in [3.63, 3.8) is 0 Å². The number of benzene rings is 1. The van der Waals surface area contributed by atoms with Gasteiger partial charge in [0, 0.05) is 19.1 Å². The number of hydrogen-bond donors (Lipinski definition) is 1. The van der Waals surface area contributed by atoms with Gasteiger partial charge in [0.25, 0.3) is 11.3 Å². The molecule has 0 amide bonds. The fourth-order valence-electron chi connectivity index (χ4n) is 2.49. The van der Waals surface area contributed by atoms with E-state index in [1.165, 1.54) is 4.52 Å². The van der Waals surface area contributed by atoms with E-state index in [1.54, 1.807) is 19.1 Å². The number of nitrogens with zero attached hydrogens (tertiary/aromatic N) is 5. The third kappa shape index (κ3) is 1.65. The molecule has 3 aromatic heterocycles. The monoisotopic (exact) mass is 312 g/mol. The lowest BCUT2D eigenvalue weighted by molar-refractivity contribution is 0.174. The summed E-state index contributed by atoms with van der Waals surface area (Å²) < 4.78 is 17.0. The van der Waals surface area contributed by atoms with Crippen LogP contribution in [0, 0.1) is 6.92 Å². The number of imidazole rings is 1. The number of ether oxygens (including phenoxy) is 2. The number of rotatable bonds is 1. The second-order valence-electron chi connectivity index (χ2n) is 4.98. The maximum atomic E-state index is 12.3. The molecule has 0 saturated heterocycles. The zero-order valence-electron chi connectivity index (χ0n) is 11.7. The normalized spacial score (nSPS) is 13.3. The molecule has 5 rings (SSSR count). The third-order valence-electron chi connectivity index (χ3n) is 3.51. The second-order valence-corrected chi connectivity index (χ2v) is 4.98. The van der Waals surface area contributed by atoms with Crippen LogP contribution >= 0.6 is 0 Å². The van der Waals surface area contributed by atoms with Gasteiger partial charge >= 0.3 is 0 Å². The van der Waals surface area contributed by atoms with Crippen LogP contribution in [0.2, 0.25) is 0 Å². The fourth-order valence-corrected chi connectivity index (χ4v) is 2.49. The maximum absolute atomic E-state index is 12.3. The van der Waals surface area contributed by atoms with Gasteiger partial charge in [0.2, 0.25) is 18.5 Å². The highest BCUT2D eigenvalue weighted by atomic mass is 16.7.